The van der Waals surface area contributed by atoms with Crippen molar-refractivity contribution in [2.75, 3.05) is 23.3 Å². The van der Waals surface area contributed by atoms with Crippen LogP contribution in [0.5, 0.6) is 0 Å². The minimum atomic E-state index is 0.679. The molecule has 1 fully saturated rings. The Morgan fingerprint density at radius 1 is 1.00 bits per heavy atom. The first-order chi connectivity index (χ1) is 10.6. The summed E-state index contributed by atoms with van der Waals surface area (Å²) in [4.78, 5) is 11.4. The quantitative estimate of drug-likeness (QED) is 0.924. The van der Waals surface area contributed by atoms with Crippen LogP contribution < -0.4 is 10.2 Å². The van der Waals surface area contributed by atoms with E-state index in [-0.39, 0.29) is 0 Å². The van der Waals surface area contributed by atoms with Gasteiger partial charge in [-0.25, -0.2) is 4.98 Å². The van der Waals surface area contributed by atoms with Crippen molar-refractivity contribution in [2.45, 2.75) is 40.0 Å². The number of piperidine rings is 1. The summed E-state index contributed by atoms with van der Waals surface area (Å²) in [5.74, 6) is 1.71. The second-order valence-electron chi connectivity index (χ2n) is 6.18. The maximum atomic E-state index is 4.70. The summed E-state index contributed by atoms with van der Waals surface area (Å²) in [5.41, 5.74) is 4.85. The third kappa shape index (κ3) is 3.21. The molecule has 4 heteroatoms. The molecular formula is C18H24N4. The predicted molar refractivity (Wildman–Crippen MR) is 92.0 cm³/mol. The standard InChI is InChI=1S/C18H24N4/c1-13-11-14(2)17(15(3)12-13)21-18-19-8-7-16(20-18)22-9-5-4-6-10-22/h7-8,11-12H,4-6,9-10H2,1-3H3,(H,19,20,21). The van der Waals surface area contributed by atoms with E-state index in [0.717, 1.165) is 24.6 Å². The normalized spacial score (nSPS) is 15.0. The second-order valence-corrected chi connectivity index (χ2v) is 6.18. The van der Waals surface area contributed by atoms with Crippen molar-refractivity contribution >= 4 is 17.5 Å². The maximum Gasteiger partial charge on any atom is 0.229 e. The molecule has 0 bridgehead atoms. The Hall–Kier alpha value is -2.10. The number of rotatable bonds is 3. The fourth-order valence-corrected chi connectivity index (χ4v) is 3.20. The van der Waals surface area contributed by atoms with Gasteiger partial charge in [-0.05, 0) is 57.2 Å². The van der Waals surface area contributed by atoms with Crippen molar-refractivity contribution in [3.8, 4) is 0 Å². The Bertz CT molecular complexity index is 637. The summed E-state index contributed by atoms with van der Waals surface area (Å²) in [6.07, 6.45) is 5.68. The van der Waals surface area contributed by atoms with Gasteiger partial charge in [0.25, 0.3) is 0 Å². The van der Waals surface area contributed by atoms with Crippen LogP contribution >= 0.6 is 0 Å². The average molecular weight is 296 g/mol. The molecule has 0 aliphatic carbocycles. The second kappa shape index (κ2) is 6.34. The maximum absolute atomic E-state index is 4.70. The van der Waals surface area contributed by atoms with Crippen LogP contribution in [0.4, 0.5) is 17.5 Å². The SMILES string of the molecule is Cc1cc(C)c(Nc2nccc(N3CCCCC3)n2)c(C)c1. The molecule has 116 valence electrons. The Morgan fingerprint density at radius 2 is 1.68 bits per heavy atom. The van der Waals surface area contributed by atoms with Crippen molar-refractivity contribution in [1.82, 2.24) is 9.97 Å². The van der Waals surface area contributed by atoms with Gasteiger partial charge in [0, 0.05) is 25.0 Å². The van der Waals surface area contributed by atoms with Crippen LogP contribution in [0.3, 0.4) is 0 Å². The van der Waals surface area contributed by atoms with E-state index in [1.54, 1.807) is 0 Å². The van der Waals surface area contributed by atoms with E-state index in [0.29, 0.717) is 5.95 Å². The van der Waals surface area contributed by atoms with Crippen LogP contribution in [-0.2, 0) is 0 Å². The van der Waals surface area contributed by atoms with Crippen LogP contribution in [0.2, 0.25) is 0 Å². The molecule has 0 atom stereocenters. The Kier molecular flexibility index (Phi) is 4.27. The van der Waals surface area contributed by atoms with Crippen LogP contribution in [0, 0.1) is 20.8 Å². The van der Waals surface area contributed by atoms with Crippen molar-refractivity contribution in [2.24, 2.45) is 0 Å². The van der Waals surface area contributed by atoms with E-state index >= 15 is 0 Å². The first-order valence-electron chi connectivity index (χ1n) is 8.06. The lowest BCUT2D eigenvalue weighted by Crippen LogP contribution is -2.30. The monoisotopic (exact) mass is 296 g/mol. The molecule has 22 heavy (non-hydrogen) atoms. The summed E-state index contributed by atoms with van der Waals surface area (Å²) in [7, 11) is 0. The Balaban J connectivity index is 1.84. The minimum Gasteiger partial charge on any atom is -0.356 e. The lowest BCUT2D eigenvalue weighted by molar-refractivity contribution is 0.573. The zero-order valence-corrected chi connectivity index (χ0v) is 13.7. The number of aromatic nitrogens is 2. The van der Waals surface area contributed by atoms with Crippen molar-refractivity contribution in [1.29, 1.82) is 0 Å². The van der Waals surface area contributed by atoms with Crippen LogP contribution in [-0.4, -0.2) is 23.1 Å². The molecule has 0 radical (unpaired) electrons. The van der Waals surface area contributed by atoms with Crippen molar-refractivity contribution in [3.63, 3.8) is 0 Å². The number of aryl methyl sites for hydroxylation is 3. The molecule has 0 amide bonds. The molecule has 2 aromatic rings. The zero-order valence-electron chi connectivity index (χ0n) is 13.7. The van der Waals surface area contributed by atoms with Crippen molar-refractivity contribution in [3.05, 3.63) is 41.1 Å². The first-order valence-corrected chi connectivity index (χ1v) is 8.06. The molecule has 2 heterocycles. The van der Waals surface area contributed by atoms with E-state index < -0.39 is 0 Å². The fourth-order valence-electron chi connectivity index (χ4n) is 3.20. The largest absolute Gasteiger partial charge is 0.356 e. The summed E-state index contributed by atoms with van der Waals surface area (Å²) in [6, 6.07) is 6.37. The van der Waals surface area contributed by atoms with E-state index in [1.165, 1.54) is 36.0 Å². The first kappa shape index (κ1) is 14.8. The molecule has 1 N–H and O–H groups in total. The summed E-state index contributed by atoms with van der Waals surface area (Å²) >= 11 is 0. The van der Waals surface area contributed by atoms with Gasteiger partial charge in [0.1, 0.15) is 5.82 Å². The summed E-state index contributed by atoms with van der Waals surface area (Å²) in [6.45, 7) is 8.56. The molecule has 1 saturated heterocycles. The topological polar surface area (TPSA) is 41.1 Å². The third-order valence-corrected chi connectivity index (χ3v) is 4.23. The molecule has 4 nitrogen and oxygen atoms in total. The highest BCUT2D eigenvalue weighted by molar-refractivity contribution is 5.64. The number of nitrogens with one attached hydrogen (secondary N) is 1. The minimum absolute atomic E-state index is 0.679. The van der Waals surface area contributed by atoms with Gasteiger partial charge in [-0.1, -0.05) is 17.7 Å². The molecule has 0 saturated carbocycles. The van der Waals surface area contributed by atoms with Crippen LogP contribution in [0.1, 0.15) is 36.0 Å². The average Bonchev–Trinajstić information content (AvgIpc) is 2.52. The van der Waals surface area contributed by atoms with Crippen LogP contribution in [0.15, 0.2) is 24.4 Å². The molecule has 0 spiro atoms. The Labute approximate surface area is 132 Å². The van der Waals surface area contributed by atoms with Gasteiger partial charge < -0.3 is 10.2 Å². The van der Waals surface area contributed by atoms with E-state index in [9.17, 15) is 0 Å². The van der Waals surface area contributed by atoms with E-state index in [4.69, 9.17) is 4.98 Å². The fraction of sp³-hybridized carbons (Fsp3) is 0.444. The van der Waals surface area contributed by atoms with Gasteiger partial charge in [0.15, 0.2) is 0 Å². The number of hydrogen-bond acceptors (Lipinski definition) is 4. The highest BCUT2D eigenvalue weighted by Crippen LogP contribution is 2.25. The van der Waals surface area contributed by atoms with Crippen LogP contribution in [0.25, 0.3) is 0 Å². The number of nitrogens with zero attached hydrogens (tertiary/aromatic N) is 3. The van der Waals surface area contributed by atoms with Gasteiger partial charge in [-0.3, -0.25) is 0 Å². The molecule has 1 aliphatic heterocycles. The van der Waals surface area contributed by atoms with E-state index in [2.05, 4.69) is 48.1 Å². The highest BCUT2D eigenvalue weighted by Gasteiger charge is 2.13. The zero-order chi connectivity index (χ0) is 15.5. The highest BCUT2D eigenvalue weighted by atomic mass is 15.2. The predicted octanol–water partition coefficient (Wildman–Crippen LogP) is 4.14. The summed E-state index contributed by atoms with van der Waals surface area (Å²) in [5, 5.41) is 3.40. The molecule has 1 aromatic heterocycles. The Morgan fingerprint density at radius 3 is 2.36 bits per heavy atom. The van der Waals surface area contributed by atoms with Gasteiger partial charge >= 0.3 is 0 Å². The smallest absolute Gasteiger partial charge is 0.229 e. The molecule has 1 aliphatic rings. The molecule has 3 rings (SSSR count). The van der Waals surface area contributed by atoms with E-state index in [1.807, 2.05) is 12.3 Å². The van der Waals surface area contributed by atoms with Gasteiger partial charge in [-0.2, -0.15) is 4.98 Å². The van der Waals surface area contributed by atoms with Gasteiger partial charge in [0.2, 0.25) is 5.95 Å². The number of anilines is 3. The summed E-state index contributed by atoms with van der Waals surface area (Å²) < 4.78 is 0. The van der Waals surface area contributed by atoms with Gasteiger partial charge in [0.05, 0.1) is 0 Å². The lowest BCUT2D eigenvalue weighted by Gasteiger charge is -2.27. The molecule has 0 unspecified atom stereocenters. The third-order valence-electron chi connectivity index (χ3n) is 4.23. The molecular weight excluding hydrogens is 272 g/mol. The number of hydrogen-bond donors (Lipinski definition) is 1. The van der Waals surface area contributed by atoms with Crippen molar-refractivity contribution < 1.29 is 0 Å². The molecule has 1 aromatic carbocycles. The lowest BCUT2D eigenvalue weighted by atomic mass is 10.1. The van der Waals surface area contributed by atoms with Gasteiger partial charge in [-0.15, -0.1) is 0 Å². The number of benzene rings is 1.